The zero-order valence-electron chi connectivity index (χ0n) is 15.2. The number of hydrogen-bond acceptors (Lipinski definition) is 6. The molecule has 1 atom stereocenters. The van der Waals surface area contributed by atoms with Gasteiger partial charge in [0.15, 0.2) is 5.60 Å². The number of carbonyl (C=O) groups is 1. The summed E-state index contributed by atoms with van der Waals surface area (Å²) in [6.45, 7) is 15.2. The molecule has 0 aromatic carbocycles. The van der Waals surface area contributed by atoms with Crippen LogP contribution in [0.25, 0.3) is 0 Å². The Morgan fingerprint density at radius 3 is 1.79 bits per heavy atom. The molecule has 0 saturated carbocycles. The summed E-state index contributed by atoms with van der Waals surface area (Å²) < 4.78 is 4.68. The predicted octanol–water partition coefficient (Wildman–Crippen LogP) is 4.11. The number of halogens is 2. The second-order valence-corrected chi connectivity index (χ2v) is 11.4. The third-order valence-electron chi connectivity index (χ3n) is 2.37. The minimum Gasteiger partial charge on any atom is -0.459 e. The Bertz CT molecular complexity index is 414. The molecule has 0 bridgehead atoms. The van der Waals surface area contributed by atoms with Crippen molar-refractivity contribution in [1.82, 2.24) is 0 Å². The van der Waals surface area contributed by atoms with Gasteiger partial charge in [0, 0.05) is 14.2 Å². The van der Waals surface area contributed by atoms with Crippen LogP contribution in [0.4, 0.5) is 0 Å². The van der Waals surface area contributed by atoms with Gasteiger partial charge in [-0.15, -0.1) is 0 Å². The number of hydrogen-bond donors (Lipinski definition) is 0. The molecule has 0 radical (unpaired) electrons. The second kappa shape index (κ2) is 10.2. The lowest BCUT2D eigenvalue weighted by molar-refractivity contribution is -0.401. The van der Waals surface area contributed by atoms with E-state index in [1.54, 1.807) is 13.8 Å². The van der Waals surface area contributed by atoms with Crippen LogP contribution >= 0.6 is 31.9 Å². The van der Waals surface area contributed by atoms with Gasteiger partial charge in [0.1, 0.15) is 13.2 Å². The summed E-state index contributed by atoms with van der Waals surface area (Å²) in [5.41, 5.74) is -0.724. The summed E-state index contributed by atoms with van der Waals surface area (Å²) in [5.74, 6) is -0.506. The van der Waals surface area contributed by atoms with E-state index in [2.05, 4.69) is 38.4 Å². The van der Waals surface area contributed by atoms with Gasteiger partial charge in [-0.05, 0) is 41.5 Å². The zero-order chi connectivity index (χ0) is 19.0. The molecule has 0 aliphatic carbocycles. The van der Waals surface area contributed by atoms with Crippen LogP contribution < -0.4 is 0 Å². The fourth-order valence-corrected chi connectivity index (χ4v) is 1.28. The van der Waals surface area contributed by atoms with Gasteiger partial charge in [0.2, 0.25) is 0 Å². The highest BCUT2D eigenvalue weighted by Crippen LogP contribution is 2.20. The Labute approximate surface area is 161 Å². The van der Waals surface area contributed by atoms with Crippen molar-refractivity contribution in [3.63, 3.8) is 0 Å². The molecule has 0 saturated heterocycles. The van der Waals surface area contributed by atoms with Gasteiger partial charge in [0.05, 0.1) is 13.2 Å². The summed E-state index contributed by atoms with van der Waals surface area (Å²) in [5, 5.41) is 0. The molecule has 0 aliphatic heterocycles. The molecule has 24 heavy (non-hydrogen) atoms. The van der Waals surface area contributed by atoms with E-state index in [4.69, 9.17) is 24.3 Å². The smallest absolute Gasteiger partial charge is 0.333 e. The van der Waals surface area contributed by atoms with Crippen molar-refractivity contribution >= 4 is 37.8 Å². The van der Waals surface area contributed by atoms with Gasteiger partial charge in [-0.2, -0.15) is 0 Å². The third kappa shape index (κ3) is 13.3. The maximum Gasteiger partial charge on any atom is 0.333 e. The van der Waals surface area contributed by atoms with E-state index in [0.29, 0.717) is 18.8 Å². The van der Waals surface area contributed by atoms with E-state index in [0.717, 1.165) is 0 Å². The average molecular weight is 476 g/mol. The van der Waals surface area contributed by atoms with E-state index in [1.807, 2.05) is 27.7 Å². The zero-order valence-corrected chi connectivity index (χ0v) is 18.4. The van der Waals surface area contributed by atoms with Crippen molar-refractivity contribution in [2.45, 2.75) is 55.8 Å². The van der Waals surface area contributed by atoms with Crippen LogP contribution in [0.5, 0.6) is 0 Å². The quantitative estimate of drug-likeness (QED) is 0.106. The molecule has 0 aromatic rings. The molecular formula is C16H28Br2O6. The molecule has 0 aliphatic rings. The maximum absolute atomic E-state index is 11.6. The first-order chi connectivity index (χ1) is 10.7. The Morgan fingerprint density at radius 1 is 0.875 bits per heavy atom. The Hall–Kier alpha value is 0.01000. The van der Waals surface area contributed by atoms with Crippen molar-refractivity contribution in [2.75, 3.05) is 26.4 Å². The lowest BCUT2D eigenvalue weighted by Gasteiger charge is -2.28. The Morgan fingerprint density at radius 2 is 1.33 bits per heavy atom. The fourth-order valence-electron chi connectivity index (χ4n) is 1.09. The molecule has 0 spiro atoms. The topological polar surface area (TPSA) is 63.2 Å². The van der Waals surface area contributed by atoms with Gasteiger partial charge in [-0.3, -0.25) is 0 Å². The van der Waals surface area contributed by atoms with Crippen molar-refractivity contribution in [3.05, 3.63) is 12.2 Å². The molecule has 0 aromatic heterocycles. The van der Waals surface area contributed by atoms with E-state index < -0.39 is 11.6 Å². The number of esters is 1. The van der Waals surface area contributed by atoms with Gasteiger partial charge in [-0.1, -0.05) is 38.4 Å². The number of ether oxygens (including phenoxy) is 1. The van der Waals surface area contributed by atoms with Crippen LogP contribution in [-0.4, -0.2) is 46.6 Å². The van der Waals surface area contributed by atoms with Crippen molar-refractivity contribution < 1.29 is 29.1 Å². The van der Waals surface area contributed by atoms with Crippen molar-refractivity contribution in [1.29, 1.82) is 0 Å². The summed E-state index contributed by atoms with van der Waals surface area (Å²) in [4.78, 5) is 32.6. The summed E-state index contributed by atoms with van der Waals surface area (Å²) in [6, 6.07) is 0. The lowest BCUT2D eigenvalue weighted by atomic mass is 10.1. The van der Waals surface area contributed by atoms with Gasteiger partial charge in [0.25, 0.3) is 0 Å². The molecule has 0 N–H and O–H groups in total. The van der Waals surface area contributed by atoms with Crippen LogP contribution in [0.15, 0.2) is 12.2 Å². The molecule has 0 fully saturated rings. The average Bonchev–Trinajstić information content (AvgIpc) is 2.38. The van der Waals surface area contributed by atoms with E-state index in [9.17, 15) is 4.79 Å². The van der Waals surface area contributed by atoms with Crippen LogP contribution in [-0.2, 0) is 29.1 Å². The van der Waals surface area contributed by atoms with Gasteiger partial charge >= 0.3 is 5.97 Å². The highest BCUT2D eigenvalue weighted by molar-refractivity contribution is 9.10. The molecule has 6 nitrogen and oxygen atoms in total. The van der Waals surface area contributed by atoms with Crippen LogP contribution in [0.3, 0.4) is 0 Å². The standard InChI is InChI=1S/C16H28Br2O6/c1-12(2)13(19)20-10-16(7,24-23-9-15(5,6)18)11-22-21-8-14(3,4)17/h1,8-11H2,2-7H3. The number of carbonyl (C=O) groups excluding carboxylic acids is 1. The molecule has 142 valence electrons. The highest BCUT2D eigenvalue weighted by atomic mass is 79.9. The number of rotatable bonds is 12. The molecule has 8 heteroatoms. The summed E-state index contributed by atoms with van der Waals surface area (Å²) in [7, 11) is 0. The third-order valence-corrected chi connectivity index (χ3v) is 2.83. The van der Waals surface area contributed by atoms with E-state index in [1.165, 1.54) is 0 Å². The molecule has 0 heterocycles. The second-order valence-electron chi connectivity index (χ2n) is 7.11. The molecular weight excluding hydrogens is 448 g/mol. The lowest BCUT2D eigenvalue weighted by Crippen LogP contribution is -2.41. The van der Waals surface area contributed by atoms with E-state index >= 15 is 0 Å². The SMILES string of the molecule is C=C(C)C(=O)OCC(C)(COOCC(C)(C)Br)OOCC(C)(C)Br. The monoisotopic (exact) mass is 474 g/mol. The van der Waals surface area contributed by atoms with Crippen molar-refractivity contribution in [3.8, 4) is 0 Å². The molecule has 0 amide bonds. The Balaban J connectivity index is 4.56. The largest absolute Gasteiger partial charge is 0.459 e. The normalized spacial score (nSPS) is 15.0. The summed E-state index contributed by atoms with van der Waals surface area (Å²) >= 11 is 6.89. The molecule has 1 unspecified atom stereocenters. The summed E-state index contributed by atoms with van der Waals surface area (Å²) in [6.07, 6.45) is 0. The number of alkyl halides is 2. The molecule has 0 rings (SSSR count). The highest BCUT2D eigenvalue weighted by Gasteiger charge is 2.32. The predicted molar refractivity (Wildman–Crippen MR) is 99.1 cm³/mol. The van der Waals surface area contributed by atoms with Crippen LogP contribution in [0, 0.1) is 0 Å². The van der Waals surface area contributed by atoms with E-state index in [-0.39, 0.29) is 21.9 Å². The first kappa shape index (κ1) is 24.0. The first-order valence-corrected chi connectivity index (χ1v) is 9.08. The van der Waals surface area contributed by atoms with Crippen LogP contribution in [0.2, 0.25) is 0 Å². The Kier molecular flexibility index (Phi) is 10.2. The minimum absolute atomic E-state index is 0.0161. The first-order valence-electron chi connectivity index (χ1n) is 7.50. The fraction of sp³-hybridized carbons (Fsp3) is 0.812. The van der Waals surface area contributed by atoms with Crippen LogP contribution in [0.1, 0.15) is 41.5 Å². The minimum atomic E-state index is -1.03. The van der Waals surface area contributed by atoms with Gasteiger partial charge < -0.3 is 4.74 Å². The van der Waals surface area contributed by atoms with Gasteiger partial charge in [-0.25, -0.2) is 24.3 Å². The van der Waals surface area contributed by atoms with Crippen molar-refractivity contribution in [2.24, 2.45) is 0 Å². The maximum atomic E-state index is 11.6.